The van der Waals surface area contributed by atoms with E-state index in [2.05, 4.69) is 4.90 Å². The molecule has 0 unspecified atom stereocenters. The number of nitrogens with zero attached hydrogens (tertiary/aromatic N) is 1. The SMILES string of the molecule is CC(C)c1cc(N2Cc3ccc(C=O)cc3C2)c(O)cc1O. The Hall–Kier alpha value is -2.49. The molecule has 1 aliphatic rings. The van der Waals surface area contributed by atoms with Gasteiger partial charge in [-0.15, -0.1) is 0 Å². The first kappa shape index (κ1) is 14.4. The zero-order valence-corrected chi connectivity index (χ0v) is 12.7. The number of phenols is 2. The maximum absolute atomic E-state index is 10.9. The lowest BCUT2D eigenvalue weighted by atomic mass is 10.0. The van der Waals surface area contributed by atoms with E-state index in [4.69, 9.17) is 0 Å². The van der Waals surface area contributed by atoms with Crippen LogP contribution in [0.2, 0.25) is 0 Å². The summed E-state index contributed by atoms with van der Waals surface area (Å²) in [6.07, 6.45) is 0.845. The van der Waals surface area contributed by atoms with Crippen LogP contribution in [0.25, 0.3) is 0 Å². The van der Waals surface area contributed by atoms with Gasteiger partial charge in [-0.25, -0.2) is 0 Å². The van der Waals surface area contributed by atoms with Gasteiger partial charge in [-0.2, -0.15) is 0 Å². The van der Waals surface area contributed by atoms with Crippen LogP contribution in [0, 0.1) is 0 Å². The zero-order chi connectivity index (χ0) is 15.9. The minimum atomic E-state index is 0.0744. The van der Waals surface area contributed by atoms with E-state index in [-0.39, 0.29) is 17.4 Å². The number of hydrogen-bond donors (Lipinski definition) is 2. The molecule has 2 N–H and O–H groups in total. The van der Waals surface area contributed by atoms with Gasteiger partial charge in [0.2, 0.25) is 0 Å². The highest BCUT2D eigenvalue weighted by Crippen LogP contribution is 2.40. The van der Waals surface area contributed by atoms with Crippen LogP contribution < -0.4 is 4.90 Å². The monoisotopic (exact) mass is 297 g/mol. The number of anilines is 1. The van der Waals surface area contributed by atoms with E-state index in [1.54, 1.807) is 0 Å². The van der Waals surface area contributed by atoms with Crippen LogP contribution in [-0.4, -0.2) is 16.5 Å². The highest BCUT2D eigenvalue weighted by molar-refractivity contribution is 5.76. The molecule has 0 atom stereocenters. The summed E-state index contributed by atoms with van der Waals surface area (Å²) in [5.74, 6) is 0.368. The average Bonchev–Trinajstić information content (AvgIpc) is 2.89. The van der Waals surface area contributed by atoms with E-state index in [0.717, 1.165) is 23.0 Å². The molecule has 0 spiro atoms. The second kappa shape index (κ2) is 5.37. The summed E-state index contributed by atoms with van der Waals surface area (Å²) >= 11 is 0. The van der Waals surface area contributed by atoms with Crippen LogP contribution in [0.3, 0.4) is 0 Å². The van der Waals surface area contributed by atoms with Gasteiger partial charge in [0.05, 0.1) is 5.69 Å². The third-order valence-corrected chi connectivity index (χ3v) is 4.18. The number of aldehydes is 1. The number of fused-ring (bicyclic) bond motifs is 1. The fourth-order valence-electron chi connectivity index (χ4n) is 2.96. The minimum Gasteiger partial charge on any atom is -0.508 e. The Morgan fingerprint density at radius 1 is 1.05 bits per heavy atom. The number of rotatable bonds is 3. The largest absolute Gasteiger partial charge is 0.508 e. The molecule has 2 aromatic carbocycles. The number of aromatic hydroxyl groups is 2. The van der Waals surface area contributed by atoms with Crippen LogP contribution in [0.4, 0.5) is 5.69 Å². The first-order valence-electron chi connectivity index (χ1n) is 7.37. The second-order valence-corrected chi connectivity index (χ2v) is 6.06. The molecule has 0 fully saturated rings. The van der Waals surface area contributed by atoms with Crippen LogP contribution in [0.5, 0.6) is 11.5 Å². The molecule has 0 bridgehead atoms. The van der Waals surface area contributed by atoms with Crippen molar-refractivity contribution < 1.29 is 15.0 Å². The number of phenolic OH excluding ortho intramolecular Hbond substituents is 2. The molecule has 3 rings (SSSR count). The standard InChI is InChI=1S/C18H19NO3/c1-11(2)15-6-16(18(22)7-17(15)21)19-8-13-4-3-12(10-20)5-14(13)9-19/h3-7,10-11,21-22H,8-9H2,1-2H3. The van der Waals surface area contributed by atoms with Gasteiger partial charge in [0.25, 0.3) is 0 Å². The predicted molar refractivity (Wildman–Crippen MR) is 85.6 cm³/mol. The molecule has 0 saturated carbocycles. The highest BCUT2D eigenvalue weighted by Gasteiger charge is 2.23. The molecule has 114 valence electrons. The molecule has 0 aliphatic carbocycles. The summed E-state index contributed by atoms with van der Waals surface area (Å²) < 4.78 is 0. The van der Waals surface area contributed by atoms with Gasteiger partial charge < -0.3 is 15.1 Å². The van der Waals surface area contributed by atoms with Gasteiger partial charge in [-0.1, -0.05) is 26.0 Å². The van der Waals surface area contributed by atoms with E-state index in [9.17, 15) is 15.0 Å². The van der Waals surface area contributed by atoms with Crippen molar-refractivity contribution in [2.45, 2.75) is 32.9 Å². The van der Waals surface area contributed by atoms with Crippen molar-refractivity contribution in [2.75, 3.05) is 4.90 Å². The lowest BCUT2D eigenvalue weighted by molar-refractivity contribution is 0.112. The Kier molecular flexibility index (Phi) is 3.53. The second-order valence-electron chi connectivity index (χ2n) is 6.06. The van der Waals surface area contributed by atoms with Crippen molar-refractivity contribution >= 4 is 12.0 Å². The van der Waals surface area contributed by atoms with Gasteiger partial charge in [-0.3, -0.25) is 4.79 Å². The average molecular weight is 297 g/mol. The summed E-state index contributed by atoms with van der Waals surface area (Å²) in [4.78, 5) is 12.9. The summed E-state index contributed by atoms with van der Waals surface area (Å²) in [6.45, 7) is 5.34. The molecule has 4 heteroatoms. The number of benzene rings is 2. The van der Waals surface area contributed by atoms with Crippen molar-refractivity contribution in [2.24, 2.45) is 0 Å². The maximum atomic E-state index is 10.9. The van der Waals surface area contributed by atoms with Crippen LogP contribution in [0.15, 0.2) is 30.3 Å². The van der Waals surface area contributed by atoms with E-state index in [0.29, 0.717) is 24.3 Å². The molecular formula is C18H19NO3. The number of hydrogen-bond acceptors (Lipinski definition) is 4. The zero-order valence-electron chi connectivity index (χ0n) is 12.7. The van der Waals surface area contributed by atoms with Crippen molar-refractivity contribution in [3.63, 3.8) is 0 Å². The van der Waals surface area contributed by atoms with Crippen molar-refractivity contribution in [1.82, 2.24) is 0 Å². The Morgan fingerprint density at radius 3 is 2.45 bits per heavy atom. The van der Waals surface area contributed by atoms with Crippen LogP contribution in [-0.2, 0) is 13.1 Å². The minimum absolute atomic E-state index is 0.0744. The number of carbonyl (C=O) groups is 1. The van der Waals surface area contributed by atoms with Gasteiger partial charge in [0.1, 0.15) is 17.8 Å². The Morgan fingerprint density at radius 2 is 1.77 bits per heavy atom. The first-order chi connectivity index (χ1) is 10.5. The lowest BCUT2D eigenvalue weighted by Crippen LogP contribution is -2.15. The van der Waals surface area contributed by atoms with Crippen LogP contribution >= 0.6 is 0 Å². The van der Waals surface area contributed by atoms with Gasteiger partial charge in [-0.05, 0) is 34.7 Å². The third kappa shape index (κ3) is 2.41. The Labute approximate surface area is 129 Å². The first-order valence-corrected chi connectivity index (χ1v) is 7.37. The molecule has 0 aromatic heterocycles. The van der Waals surface area contributed by atoms with E-state index in [1.165, 1.54) is 6.07 Å². The molecule has 4 nitrogen and oxygen atoms in total. The Bertz CT molecular complexity index is 737. The quantitative estimate of drug-likeness (QED) is 0.850. The fraction of sp³-hybridized carbons (Fsp3) is 0.278. The number of carbonyl (C=O) groups excluding carboxylic acids is 1. The van der Waals surface area contributed by atoms with Gasteiger partial charge in [0.15, 0.2) is 0 Å². The van der Waals surface area contributed by atoms with E-state index >= 15 is 0 Å². The summed E-state index contributed by atoms with van der Waals surface area (Å²) in [5, 5.41) is 20.1. The molecule has 0 radical (unpaired) electrons. The fourth-order valence-corrected chi connectivity index (χ4v) is 2.96. The third-order valence-electron chi connectivity index (χ3n) is 4.18. The summed E-state index contributed by atoms with van der Waals surface area (Å²) in [5.41, 5.74) is 4.45. The molecule has 2 aromatic rings. The summed E-state index contributed by atoms with van der Waals surface area (Å²) in [7, 11) is 0. The molecule has 22 heavy (non-hydrogen) atoms. The highest BCUT2D eigenvalue weighted by atomic mass is 16.3. The van der Waals surface area contributed by atoms with Crippen molar-refractivity contribution in [1.29, 1.82) is 0 Å². The summed E-state index contributed by atoms with van der Waals surface area (Å²) in [6, 6.07) is 8.92. The van der Waals surface area contributed by atoms with Crippen molar-refractivity contribution in [3.8, 4) is 11.5 Å². The van der Waals surface area contributed by atoms with Gasteiger partial charge >= 0.3 is 0 Å². The maximum Gasteiger partial charge on any atom is 0.150 e. The van der Waals surface area contributed by atoms with E-state index < -0.39 is 0 Å². The predicted octanol–water partition coefficient (Wildman–Crippen LogP) is 3.55. The smallest absolute Gasteiger partial charge is 0.150 e. The molecule has 1 aliphatic heterocycles. The molecule has 1 heterocycles. The molecule has 0 amide bonds. The lowest BCUT2D eigenvalue weighted by Gasteiger charge is -2.21. The van der Waals surface area contributed by atoms with Crippen LogP contribution in [0.1, 0.15) is 46.8 Å². The molecule has 0 saturated heterocycles. The topological polar surface area (TPSA) is 60.8 Å². The molecular weight excluding hydrogens is 278 g/mol. The normalized spacial score (nSPS) is 13.5. The van der Waals surface area contributed by atoms with E-state index in [1.807, 2.05) is 38.1 Å². The Balaban J connectivity index is 1.97. The van der Waals surface area contributed by atoms with Gasteiger partial charge in [0, 0.05) is 24.7 Å². The van der Waals surface area contributed by atoms with Crippen molar-refractivity contribution in [3.05, 3.63) is 52.6 Å².